The molecule has 0 fully saturated rings. The van der Waals surface area contributed by atoms with Gasteiger partial charge >= 0.3 is 11.9 Å². The fraction of sp³-hybridized carbons (Fsp3) is 0.0435. The number of hydrogen-bond donors (Lipinski definition) is 0. The topological polar surface area (TPSA) is 121 Å². The van der Waals surface area contributed by atoms with E-state index in [1.165, 1.54) is 24.3 Å². The van der Waals surface area contributed by atoms with Crippen LogP contribution in [0.1, 0.15) is 73.4 Å². The van der Waals surface area contributed by atoms with Crippen molar-refractivity contribution in [2.24, 2.45) is 0 Å². The van der Waals surface area contributed by atoms with Gasteiger partial charge in [0.05, 0.1) is 31.7 Å². The van der Waals surface area contributed by atoms with Crippen molar-refractivity contribution in [2.45, 2.75) is 13.2 Å². The second-order valence-electron chi connectivity index (χ2n) is 13.7. The van der Waals surface area contributed by atoms with Crippen LogP contribution in [0.4, 0.5) is 17.6 Å². The minimum Gasteiger partial charge on any atom is -0.457 e. The smallest absolute Gasteiger partial charge is 0.340 e. The molecule has 9 rings (SSSR count). The fourth-order valence-electron chi connectivity index (χ4n) is 7.27. The van der Waals surface area contributed by atoms with Crippen LogP contribution in [0.25, 0.3) is 43.5 Å². The van der Waals surface area contributed by atoms with Crippen LogP contribution in [0.3, 0.4) is 0 Å². The summed E-state index contributed by atoms with van der Waals surface area (Å²) in [6, 6.07) is 23.2. The molecule has 0 spiro atoms. The summed E-state index contributed by atoms with van der Waals surface area (Å²) in [5.74, 6) is -10.6. The van der Waals surface area contributed by atoms with Gasteiger partial charge < -0.3 is 9.47 Å². The molecule has 0 radical (unpaired) electrons. The summed E-state index contributed by atoms with van der Waals surface area (Å²) in [5.41, 5.74) is -1.10. The van der Waals surface area contributed by atoms with Crippen LogP contribution < -0.4 is 0 Å². The Morgan fingerprint density at radius 2 is 0.900 bits per heavy atom. The SMILES string of the molecule is O=C1C(=O)c2c(F)cc(F)cc2/C1=C/c1cc2c(C(=O)OCc3ccccc3)c3sc(/C=C4\C(=O)C(=O)c5c(F)cc(F)cc54)cc3c(C(=O)OCc3ccccc3)c2s1. The van der Waals surface area contributed by atoms with Crippen LogP contribution in [-0.2, 0) is 32.3 Å². The monoisotopic (exact) mass is 842 g/mol. The Hall–Kier alpha value is -7.16. The van der Waals surface area contributed by atoms with Crippen LogP contribution in [-0.4, -0.2) is 35.1 Å². The molecule has 2 heterocycles. The molecule has 0 saturated heterocycles. The quantitative estimate of drug-likeness (QED) is 0.0642. The predicted molar refractivity (Wildman–Crippen MR) is 215 cm³/mol. The number of fused-ring (bicyclic) bond motifs is 4. The number of halogens is 4. The average molecular weight is 843 g/mol. The minimum absolute atomic E-state index is 0.0521. The largest absolute Gasteiger partial charge is 0.457 e. The van der Waals surface area contributed by atoms with Gasteiger partial charge in [0, 0.05) is 54.9 Å². The van der Waals surface area contributed by atoms with Crippen LogP contribution in [0.2, 0.25) is 0 Å². The number of allylic oxidation sites excluding steroid dienone is 2. The van der Waals surface area contributed by atoms with E-state index in [2.05, 4.69) is 0 Å². The number of hydrogen-bond acceptors (Lipinski definition) is 10. The number of ether oxygens (including phenoxy) is 2. The fourth-order valence-corrected chi connectivity index (χ4v) is 9.58. The first-order valence-electron chi connectivity index (χ1n) is 17.9. The molecule has 0 N–H and O–H groups in total. The van der Waals surface area contributed by atoms with Gasteiger partial charge in [0.1, 0.15) is 36.5 Å². The van der Waals surface area contributed by atoms with E-state index in [0.29, 0.717) is 23.3 Å². The van der Waals surface area contributed by atoms with Crippen LogP contribution in [0.15, 0.2) is 97.1 Å². The van der Waals surface area contributed by atoms with Gasteiger partial charge in [-0.15, -0.1) is 22.7 Å². The number of benzene rings is 5. The summed E-state index contributed by atoms with van der Waals surface area (Å²) < 4.78 is 70.2. The molecule has 294 valence electrons. The van der Waals surface area contributed by atoms with Gasteiger partial charge in [-0.3, -0.25) is 19.2 Å². The van der Waals surface area contributed by atoms with E-state index in [9.17, 15) is 46.3 Å². The maximum atomic E-state index is 14.8. The van der Waals surface area contributed by atoms with Crippen LogP contribution in [0, 0.1) is 23.3 Å². The normalized spacial score (nSPS) is 14.8. The number of thiophene rings is 2. The average Bonchev–Trinajstić information content (AvgIpc) is 3.95. The second-order valence-corrected chi connectivity index (χ2v) is 15.9. The molecule has 0 atom stereocenters. The Morgan fingerprint density at radius 1 is 0.517 bits per heavy atom. The van der Waals surface area contributed by atoms with E-state index in [1.54, 1.807) is 60.7 Å². The Bertz CT molecular complexity index is 2880. The summed E-state index contributed by atoms with van der Waals surface area (Å²) in [4.78, 5) is 81.0. The Morgan fingerprint density at radius 3 is 1.28 bits per heavy atom. The van der Waals surface area contributed by atoms with Crippen molar-refractivity contribution in [3.05, 3.63) is 175 Å². The molecule has 2 aliphatic carbocycles. The van der Waals surface area contributed by atoms with E-state index in [1.807, 2.05) is 0 Å². The Labute approximate surface area is 343 Å². The molecule has 0 saturated carbocycles. The summed E-state index contributed by atoms with van der Waals surface area (Å²) in [6.07, 6.45) is 2.49. The van der Waals surface area contributed by atoms with Crippen molar-refractivity contribution in [3.8, 4) is 0 Å². The minimum atomic E-state index is -1.21. The molecule has 0 unspecified atom stereocenters. The zero-order valence-corrected chi connectivity index (χ0v) is 32.0. The number of carbonyl (C=O) groups is 6. The molecule has 7 aromatic rings. The molecule has 2 aliphatic rings. The molecular weight excluding hydrogens is 821 g/mol. The zero-order chi connectivity index (χ0) is 42.0. The molecule has 2 aromatic heterocycles. The van der Waals surface area contributed by atoms with E-state index < -0.39 is 69.5 Å². The van der Waals surface area contributed by atoms with E-state index in [-0.39, 0.29) is 76.5 Å². The standard InChI is InChI=1S/C46H22F4O8S2/c47-23-11-27-29(39(51)41(53)35(27)33(49)13-23)15-25-17-31-37(45(55)57-19-21-7-3-1-4-8-21)43-32(38(44(31)60-25)46(56)58-20-22-9-5-2-6-10-22)18-26(59-43)16-30-28-12-24(48)14-34(50)36(28)42(54)40(30)52/h1-18H,19-20H2/b29-15-,30-16-. The highest BCUT2D eigenvalue weighted by Crippen LogP contribution is 2.45. The summed E-state index contributed by atoms with van der Waals surface area (Å²) in [7, 11) is 0. The predicted octanol–water partition coefficient (Wildman–Crippen LogP) is 10.00. The van der Waals surface area contributed by atoms with Gasteiger partial charge in [-0.1, -0.05) is 60.7 Å². The van der Waals surface area contributed by atoms with Crippen molar-refractivity contribution in [1.82, 2.24) is 0 Å². The molecule has 0 amide bonds. The molecule has 5 aromatic carbocycles. The lowest BCUT2D eigenvalue weighted by molar-refractivity contribution is -0.110. The first kappa shape index (κ1) is 38.4. The number of ketones is 4. The second kappa shape index (κ2) is 14.9. The number of Topliss-reactive ketones (excluding diaryl/α,β-unsaturated/α-hetero) is 4. The lowest BCUT2D eigenvalue weighted by atomic mass is 10.0. The maximum absolute atomic E-state index is 14.8. The zero-order valence-electron chi connectivity index (χ0n) is 30.4. The molecule has 8 nitrogen and oxygen atoms in total. The van der Waals surface area contributed by atoms with Gasteiger partial charge in [0.15, 0.2) is 0 Å². The third kappa shape index (κ3) is 6.55. The first-order chi connectivity index (χ1) is 28.9. The van der Waals surface area contributed by atoms with Gasteiger partial charge in [-0.2, -0.15) is 0 Å². The third-order valence-electron chi connectivity index (χ3n) is 9.95. The Kier molecular flexibility index (Phi) is 9.52. The summed E-state index contributed by atoms with van der Waals surface area (Å²) in [6.45, 7) is -0.330. The third-order valence-corrected chi connectivity index (χ3v) is 12.1. The Balaban J connectivity index is 1.27. The first-order valence-corrected chi connectivity index (χ1v) is 19.6. The van der Waals surface area contributed by atoms with Crippen molar-refractivity contribution >= 4 is 101 Å². The highest BCUT2D eigenvalue weighted by Gasteiger charge is 2.38. The van der Waals surface area contributed by atoms with Gasteiger partial charge in [-0.05, 0) is 47.5 Å². The highest BCUT2D eigenvalue weighted by atomic mass is 32.1. The summed E-state index contributed by atoms with van der Waals surface area (Å²) >= 11 is 1.83. The van der Waals surface area contributed by atoms with Gasteiger partial charge in [0.25, 0.3) is 0 Å². The molecule has 60 heavy (non-hydrogen) atoms. The maximum Gasteiger partial charge on any atom is 0.340 e. The van der Waals surface area contributed by atoms with Gasteiger partial charge in [-0.25, -0.2) is 27.2 Å². The van der Waals surface area contributed by atoms with E-state index in [0.717, 1.165) is 34.8 Å². The lowest BCUT2D eigenvalue weighted by Crippen LogP contribution is -2.10. The number of esters is 2. The van der Waals surface area contributed by atoms with Crippen molar-refractivity contribution in [1.29, 1.82) is 0 Å². The van der Waals surface area contributed by atoms with Crippen LogP contribution >= 0.6 is 22.7 Å². The molecular formula is C46H22F4O8S2. The lowest BCUT2D eigenvalue weighted by Gasteiger charge is -2.11. The van der Waals surface area contributed by atoms with Crippen molar-refractivity contribution < 1.29 is 55.8 Å². The van der Waals surface area contributed by atoms with Gasteiger partial charge in [0.2, 0.25) is 23.1 Å². The molecule has 0 aliphatic heterocycles. The highest BCUT2D eigenvalue weighted by molar-refractivity contribution is 7.22. The number of carbonyl (C=O) groups excluding carboxylic acids is 6. The number of rotatable bonds is 8. The van der Waals surface area contributed by atoms with Crippen molar-refractivity contribution in [2.75, 3.05) is 0 Å². The van der Waals surface area contributed by atoms with E-state index >= 15 is 0 Å². The van der Waals surface area contributed by atoms with E-state index in [4.69, 9.17) is 9.47 Å². The summed E-state index contributed by atoms with van der Waals surface area (Å²) in [5, 5.41) is 0.295. The molecule has 14 heteroatoms. The molecule has 0 bridgehead atoms. The van der Waals surface area contributed by atoms with Crippen molar-refractivity contribution in [3.63, 3.8) is 0 Å². The van der Waals surface area contributed by atoms with Crippen LogP contribution in [0.5, 0.6) is 0 Å².